The fourth-order valence-electron chi connectivity index (χ4n) is 1.82. The molecule has 1 atom stereocenters. The van der Waals surface area contributed by atoms with Crippen molar-refractivity contribution in [3.05, 3.63) is 28.2 Å². The van der Waals surface area contributed by atoms with Gasteiger partial charge < -0.3 is 10.0 Å². The van der Waals surface area contributed by atoms with Crippen molar-refractivity contribution < 1.29 is 5.11 Å². The average molecular weight is 242 g/mol. The molecule has 0 saturated heterocycles. The zero-order valence-corrected chi connectivity index (χ0v) is 9.08. The Bertz CT molecular complexity index is 327. The van der Waals surface area contributed by atoms with Crippen LogP contribution in [0.2, 0.25) is 0 Å². The highest BCUT2D eigenvalue weighted by atomic mass is 79.9. The van der Waals surface area contributed by atoms with Gasteiger partial charge in [0, 0.05) is 30.2 Å². The Kier molecular flexibility index (Phi) is 2.30. The van der Waals surface area contributed by atoms with Crippen LogP contribution in [-0.4, -0.2) is 24.8 Å². The molecule has 0 spiro atoms. The van der Waals surface area contributed by atoms with E-state index in [1.165, 1.54) is 11.3 Å². The van der Waals surface area contributed by atoms with E-state index in [1.807, 2.05) is 13.1 Å². The van der Waals surface area contributed by atoms with Gasteiger partial charge in [-0.3, -0.25) is 0 Å². The van der Waals surface area contributed by atoms with Gasteiger partial charge in [-0.1, -0.05) is 15.9 Å². The van der Waals surface area contributed by atoms with Gasteiger partial charge in [0.25, 0.3) is 0 Å². The van der Waals surface area contributed by atoms with E-state index in [4.69, 9.17) is 0 Å². The van der Waals surface area contributed by atoms with Crippen molar-refractivity contribution >= 4 is 21.6 Å². The zero-order chi connectivity index (χ0) is 9.42. The van der Waals surface area contributed by atoms with Crippen molar-refractivity contribution in [2.45, 2.75) is 12.5 Å². The molecule has 1 heterocycles. The minimum Gasteiger partial charge on any atom is -0.391 e. The van der Waals surface area contributed by atoms with E-state index in [-0.39, 0.29) is 6.10 Å². The first-order valence-corrected chi connectivity index (χ1v) is 5.14. The molecular formula is C10H12BrNO. The van der Waals surface area contributed by atoms with Crippen LogP contribution in [0.25, 0.3) is 0 Å². The fourth-order valence-corrected chi connectivity index (χ4v) is 2.23. The van der Waals surface area contributed by atoms with Crippen LogP contribution in [0.4, 0.5) is 5.69 Å². The van der Waals surface area contributed by atoms with Crippen LogP contribution in [0.1, 0.15) is 5.56 Å². The number of halogens is 1. The standard InChI is InChI=1S/C10H12BrNO/c1-12-6-9(13)5-7-4-8(11)2-3-10(7)12/h2-4,9,13H,5-6H2,1H3. The third kappa shape index (κ3) is 1.71. The summed E-state index contributed by atoms with van der Waals surface area (Å²) in [5.74, 6) is 0. The first-order valence-electron chi connectivity index (χ1n) is 4.34. The number of fused-ring (bicyclic) bond motifs is 1. The van der Waals surface area contributed by atoms with E-state index in [2.05, 4.69) is 33.0 Å². The van der Waals surface area contributed by atoms with Crippen molar-refractivity contribution in [3.63, 3.8) is 0 Å². The molecule has 0 aromatic heterocycles. The lowest BCUT2D eigenvalue weighted by atomic mass is 10.0. The van der Waals surface area contributed by atoms with Gasteiger partial charge in [0.2, 0.25) is 0 Å². The minimum absolute atomic E-state index is 0.230. The molecule has 0 fully saturated rings. The van der Waals surface area contributed by atoms with Gasteiger partial charge in [0.15, 0.2) is 0 Å². The van der Waals surface area contributed by atoms with Crippen LogP contribution in [0.5, 0.6) is 0 Å². The third-order valence-electron chi connectivity index (χ3n) is 2.39. The Balaban J connectivity index is 2.43. The highest BCUT2D eigenvalue weighted by Gasteiger charge is 2.19. The van der Waals surface area contributed by atoms with Gasteiger partial charge in [0.1, 0.15) is 0 Å². The monoisotopic (exact) mass is 241 g/mol. The molecule has 1 aromatic rings. The number of aliphatic hydroxyl groups is 1. The molecule has 1 unspecified atom stereocenters. The number of β-amino-alcohol motifs (C(OH)–C–C–N with tert-alkyl or cyclic N) is 1. The molecular weight excluding hydrogens is 230 g/mol. The van der Waals surface area contributed by atoms with Crippen LogP contribution in [0.15, 0.2) is 22.7 Å². The van der Waals surface area contributed by atoms with Crippen molar-refractivity contribution in [1.82, 2.24) is 0 Å². The summed E-state index contributed by atoms with van der Waals surface area (Å²) in [6.45, 7) is 0.731. The lowest BCUT2D eigenvalue weighted by Gasteiger charge is -2.30. The van der Waals surface area contributed by atoms with E-state index in [1.54, 1.807) is 0 Å². The Labute approximate surface area is 86.3 Å². The Hall–Kier alpha value is -0.540. The molecule has 0 aliphatic carbocycles. The normalized spacial score (nSPS) is 21.5. The number of nitrogens with zero attached hydrogens (tertiary/aromatic N) is 1. The Morgan fingerprint density at radius 2 is 2.31 bits per heavy atom. The SMILES string of the molecule is CN1CC(O)Cc2cc(Br)ccc21. The summed E-state index contributed by atoms with van der Waals surface area (Å²) in [6.07, 6.45) is 0.533. The molecule has 3 heteroatoms. The number of likely N-dealkylation sites (N-methyl/N-ethyl adjacent to an activating group) is 1. The second-order valence-corrected chi connectivity index (χ2v) is 4.43. The second-order valence-electron chi connectivity index (χ2n) is 3.51. The predicted octanol–water partition coefficient (Wildman–Crippen LogP) is 1.80. The molecule has 1 aliphatic heterocycles. The molecule has 2 rings (SSSR count). The summed E-state index contributed by atoms with van der Waals surface area (Å²) in [6, 6.07) is 6.20. The topological polar surface area (TPSA) is 23.5 Å². The second kappa shape index (κ2) is 3.31. The molecule has 13 heavy (non-hydrogen) atoms. The maximum absolute atomic E-state index is 9.56. The van der Waals surface area contributed by atoms with Gasteiger partial charge in [-0.05, 0) is 23.8 Å². The van der Waals surface area contributed by atoms with Crippen LogP contribution in [-0.2, 0) is 6.42 Å². The molecule has 1 N–H and O–H groups in total. The van der Waals surface area contributed by atoms with E-state index in [0.29, 0.717) is 0 Å². The molecule has 70 valence electrons. The number of anilines is 1. The number of hydrogen-bond donors (Lipinski definition) is 1. The molecule has 0 radical (unpaired) electrons. The highest BCUT2D eigenvalue weighted by Crippen LogP contribution is 2.28. The quantitative estimate of drug-likeness (QED) is 0.749. The Morgan fingerprint density at radius 1 is 1.54 bits per heavy atom. The van der Waals surface area contributed by atoms with Crippen molar-refractivity contribution in [2.75, 3.05) is 18.5 Å². The first kappa shape index (κ1) is 9.03. The van der Waals surface area contributed by atoms with E-state index < -0.39 is 0 Å². The number of hydrogen-bond acceptors (Lipinski definition) is 2. The zero-order valence-electron chi connectivity index (χ0n) is 7.50. The summed E-state index contributed by atoms with van der Waals surface area (Å²) in [7, 11) is 2.01. The first-order chi connectivity index (χ1) is 6.16. The molecule has 1 aromatic carbocycles. The van der Waals surface area contributed by atoms with Gasteiger partial charge >= 0.3 is 0 Å². The van der Waals surface area contributed by atoms with Gasteiger partial charge in [-0.25, -0.2) is 0 Å². The van der Waals surface area contributed by atoms with Crippen molar-refractivity contribution in [2.24, 2.45) is 0 Å². The Morgan fingerprint density at radius 3 is 3.08 bits per heavy atom. The number of aliphatic hydroxyl groups excluding tert-OH is 1. The van der Waals surface area contributed by atoms with E-state index >= 15 is 0 Å². The molecule has 0 saturated carbocycles. The van der Waals surface area contributed by atoms with Crippen LogP contribution >= 0.6 is 15.9 Å². The summed E-state index contributed by atoms with van der Waals surface area (Å²) in [5, 5.41) is 9.56. The lowest BCUT2D eigenvalue weighted by molar-refractivity contribution is 0.177. The smallest absolute Gasteiger partial charge is 0.0755 e. The average Bonchev–Trinajstić information content (AvgIpc) is 2.02. The molecule has 0 bridgehead atoms. The highest BCUT2D eigenvalue weighted by molar-refractivity contribution is 9.10. The lowest BCUT2D eigenvalue weighted by Crippen LogP contribution is -2.35. The number of benzene rings is 1. The third-order valence-corrected chi connectivity index (χ3v) is 2.89. The van der Waals surface area contributed by atoms with E-state index in [0.717, 1.165) is 17.4 Å². The van der Waals surface area contributed by atoms with Crippen LogP contribution in [0.3, 0.4) is 0 Å². The molecule has 0 amide bonds. The van der Waals surface area contributed by atoms with Gasteiger partial charge in [0.05, 0.1) is 6.10 Å². The number of rotatable bonds is 0. The maximum Gasteiger partial charge on any atom is 0.0755 e. The van der Waals surface area contributed by atoms with Gasteiger partial charge in [-0.2, -0.15) is 0 Å². The summed E-state index contributed by atoms with van der Waals surface area (Å²) < 4.78 is 1.08. The molecule has 1 aliphatic rings. The molecule has 2 nitrogen and oxygen atoms in total. The maximum atomic E-state index is 9.56. The summed E-state index contributed by atoms with van der Waals surface area (Å²) >= 11 is 3.43. The van der Waals surface area contributed by atoms with Crippen LogP contribution in [0, 0.1) is 0 Å². The van der Waals surface area contributed by atoms with Crippen molar-refractivity contribution in [3.8, 4) is 0 Å². The predicted molar refractivity (Wildman–Crippen MR) is 57.1 cm³/mol. The fraction of sp³-hybridized carbons (Fsp3) is 0.400. The van der Waals surface area contributed by atoms with Crippen molar-refractivity contribution in [1.29, 1.82) is 0 Å². The van der Waals surface area contributed by atoms with Gasteiger partial charge in [-0.15, -0.1) is 0 Å². The summed E-state index contributed by atoms with van der Waals surface area (Å²) in [4.78, 5) is 2.09. The van der Waals surface area contributed by atoms with E-state index in [9.17, 15) is 5.11 Å². The minimum atomic E-state index is -0.230. The summed E-state index contributed by atoms with van der Waals surface area (Å²) in [5.41, 5.74) is 2.45. The van der Waals surface area contributed by atoms with Crippen LogP contribution < -0.4 is 4.90 Å². The largest absolute Gasteiger partial charge is 0.391 e.